The van der Waals surface area contributed by atoms with Crippen molar-refractivity contribution in [2.75, 3.05) is 20.3 Å². The van der Waals surface area contributed by atoms with Crippen LogP contribution in [0.15, 0.2) is 79.1 Å². The molecule has 0 bridgehead atoms. The lowest BCUT2D eigenvalue weighted by Crippen LogP contribution is -2.21. The van der Waals surface area contributed by atoms with Crippen molar-refractivity contribution in [3.8, 4) is 22.6 Å². The van der Waals surface area contributed by atoms with Crippen LogP contribution in [0.1, 0.15) is 80.4 Å². The topological polar surface area (TPSA) is 63.2 Å². The number of rotatable bonds is 16. The average molecular weight is 587 g/mol. The fourth-order valence-corrected chi connectivity index (χ4v) is 5.47. The average Bonchev–Trinajstić information content (AvgIpc) is 3.02. The number of aryl methyl sites for hydroxylation is 2. The fraction of sp³-hybridized carbons (Fsp3) is 0.432. The van der Waals surface area contributed by atoms with E-state index in [1.54, 1.807) is 7.11 Å². The summed E-state index contributed by atoms with van der Waals surface area (Å²) in [7, 11) is 1.76. The highest BCUT2D eigenvalue weighted by molar-refractivity contribution is 5.73. The van der Waals surface area contributed by atoms with Gasteiger partial charge in [-0.15, -0.1) is 0 Å². The van der Waals surface area contributed by atoms with Gasteiger partial charge in [0.05, 0.1) is 12.5 Å². The molecule has 230 valence electrons. The summed E-state index contributed by atoms with van der Waals surface area (Å²) < 4.78 is 16.8. The van der Waals surface area contributed by atoms with Crippen LogP contribution in [-0.2, 0) is 19.2 Å². The normalized spacial score (nSPS) is 16.4. The van der Waals surface area contributed by atoms with Crippen LogP contribution in [0.3, 0.4) is 0 Å². The van der Waals surface area contributed by atoms with E-state index in [4.69, 9.17) is 24.0 Å². The lowest BCUT2D eigenvalue weighted by atomic mass is 9.81. The first-order valence-corrected chi connectivity index (χ1v) is 15.5. The number of ether oxygens (including phenoxy) is 3. The summed E-state index contributed by atoms with van der Waals surface area (Å²) in [5.41, 5.74) is 6.09. The molecule has 0 radical (unpaired) electrons. The van der Waals surface area contributed by atoms with E-state index in [0.29, 0.717) is 35.7 Å². The monoisotopic (exact) mass is 586 g/mol. The minimum atomic E-state index is -0.351. The summed E-state index contributed by atoms with van der Waals surface area (Å²) in [4.78, 5) is 22.8. The molecule has 3 aromatic carbocycles. The number of esters is 1. The lowest BCUT2D eigenvalue weighted by molar-refractivity contribution is -0.169. The number of hydrogen-bond donors (Lipinski definition) is 0. The first kappa shape index (κ1) is 32.3. The molecule has 0 atom stereocenters. The van der Waals surface area contributed by atoms with Gasteiger partial charge in [0.1, 0.15) is 11.5 Å². The molecule has 1 aliphatic carbocycles. The van der Waals surface area contributed by atoms with Crippen molar-refractivity contribution in [1.29, 1.82) is 0 Å². The van der Waals surface area contributed by atoms with Gasteiger partial charge in [-0.05, 0) is 111 Å². The second-order valence-electron chi connectivity index (χ2n) is 11.5. The van der Waals surface area contributed by atoms with Gasteiger partial charge in [-0.2, -0.15) is 0 Å². The van der Waals surface area contributed by atoms with Gasteiger partial charge in [0.25, 0.3) is 0 Å². The Hall–Kier alpha value is -3.61. The molecule has 0 spiro atoms. The Morgan fingerprint density at radius 1 is 0.814 bits per heavy atom. The third-order valence-corrected chi connectivity index (χ3v) is 8.02. The van der Waals surface area contributed by atoms with E-state index < -0.39 is 0 Å². The second-order valence-corrected chi connectivity index (χ2v) is 11.5. The van der Waals surface area contributed by atoms with Gasteiger partial charge in [0, 0.05) is 26.7 Å². The molecule has 4 rings (SSSR count). The van der Waals surface area contributed by atoms with Crippen LogP contribution in [0.25, 0.3) is 11.1 Å². The van der Waals surface area contributed by atoms with Crippen molar-refractivity contribution in [2.24, 2.45) is 0 Å². The van der Waals surface area contributed by atoms with Gasteiger partial charge in [-0.3, -0.25) is 14.6 Å². The molecule has 6 heteroatoms. The molecule has 1 fully saturated rings. The van der Waals surface area contributed by atoms with Crippen molar-refractivity contribution in [2.45, 2.75) is 83.7 Å². The van der Waals surface area contributed by atoms with E-state index in [9.17, 15) is 4.79 Å². The molecule has 1 saturated carbocycles. The van der Waals surface area contributed by atoms with Crippen molar-refractivity contribution in [3.05, 3.63) is 95.8 Å². The van der Waals surface area contributed by atoms with E-state index in [1.807, 2.05) is 55.5 Å². The number of carbonyl (C=O) groups is 1. The predicted molar refractivity (Wildman–Crippen MR) is 170 cm³/mol. The highest BCUT2D eigenvalue weighted by Crippen LogP contribution is 2.36. The Labute approximate surface area is 256 Å². The molecular formula is C37H46O6. The summed E-state index contributed by atoms with van der Waals surface area (Å²) in [6, 6.07) is 22.0. The molecule has 43 heavy (non-hydrogen) atoms. The van der Waals surface area contributed by atoms with Crippen LogP contribution in [0.2, 0.25) is 0 Å². The Kier molecular flexibility index (Phi) is 12.7. The maximum Gasteiger partial charge on any atom is 0.311 e. The van der Waals surface area contributed by atoms with Crippen molar-refractivity contribution in [1.82, 2.24) is 0 Å². The highest BCUT2D eigenvalue weighted by atomic mass is 17.2. The van der Waals surface area contributed by atoms with Crippen LogP contribution >= 0.6 is 0 Å². The van der Waals surface area contributed by atoms with Crippen molar-refractivity contribution >= 4 is 5.97 Å². The molecule has 3 aromatic rings. The number of hydrogen-bond acceptors (Lipinski definition) is 6. The van der Waals surface area contributed by atoms with Crippen LogP contribution in [0.4, 0.5) is 0 Å². The zero-order valence-corrected chi connectivity index (χ0v) is 25.9. The maximum absolute atomic E-state index is 12.4. The van der Waals surface area contributed by atoms with Gasteiger partial charge < -0.3 is 14.2 Å². The molecular weight excluding hydrogens is 540 g/mol. The largest absolute Gasteiger partial charge is 0.427 e. The number of unbranched alkanes of at least 4 members (excludes halogenated alkanes) is 2. The molecule has 1 aliphatic rings. The summed E-state index contributed by atoms with van der Waals surface area (Å²) in [6.45, 7) is 9.68. The summed E-state index contributed by atoms with van der Waals surface area (Å²) in [6.07, 6.45) is 8.85. The van der Waals surface area contributed by atoms with Gasteiger partial charge >= 0.3 is 5.97 Å². The summed E-state index contributed by atoms with van der Waals surface area (Å²) >= 11 is 0. The van der Waals surface area contributed by atoms with Gasteiger partial charge in [0.15, 0.2) is 5.75 Å². The Morgan fingerprint density at radius 2 is 1.51 bits per heavy atom. The molecule has 0 aliphatic heterocycles. The third kappa shape index (κ3) is 10.6. The number of allylic oxidation sites excluding steroid dienone is 1. The second kappa shape index (κ2) is 16.9. The first-order chi connectivity index (χ1) is 20.9. The van der Waals surface area contributed by atoms with E-state index in [2.05, 4.69) is 31.7 Å². The van der Waals surface area contributed by atoms with E-state index in [-0.39, 0.29) is 12.4 Å². The van der Waals surface area contributed by atoms with Gasteiger partial charge in [0.2, 0.25) is 0 Å². The third-order valence-electron chi connectivity index (χ3n) is 8.02. The summed E-state index contributed by atoms with van der Waals surface area (Å²) in [5, 5.41) is 0. The Balaban J connectivity index is 1.19. The van der Waals surface area contributed by atoms with Crippen LogP contribution < -0.4 is 9.62 Å². The quantitative estimate of drug-likeness (QED) is 0.0417. The van der Waals surface area contributed by atoms with Crippen LogP contribution in [0.5, 0.6) is 11.5 Å². The standard InChI is InChI=1S/C37H46O6/c1-27-8-16-35(17-9-27)43-42-29(3)10-23-37(38)41-34-20-13-31(14-21-34)36-22-15-32(26-28(36)2)30-11-18-33(19-12-30)40-25-7-5-6-24-39-4/h8-9,13-17,20-22,26,30,33H,3,5-7,10-12,18-19,23-25H2,1-2,4H3. The summed E-state index contributed by atoms with van der Waals surface area (Å²) in [5.74, 6) is 1.69. The SMILES string of the molecule is C=C(CCC(=O)Oc1ccc(-c2ccc(C3CCC(OCCCCCOC)CC3)cc2C)cc1)OOc1ccc(C)cc1. The van der Waals surface area contributed by atoms with E-state index in [1.165, 1.54) is 36.0 Å². The highest BCUT2D eigenvalue weighted by Gasteiger charge is 2.23. The molecule has 0 amide bonds. The Morgan fingerprint density at radius 3 is 2.21 bits per heavy atom. The lowest BCUT2D eigenvalue weighted by Gasteiger charge is -2.29. The van der Waals surface area contributed by atoms with Gasteiger partial charge in [-0.1, -0.05) is 54.6 Å². The minimum absolute atomic E-state index is 0.140. The van der Waals surface area contributed by atoms with Crippen molar-refractivity contribution in [3.63, 3.8) is 0 Å². The molecule has 0 saturated heterocycles. The van der Waals surface area contributed by atoms with Crippen molar-refractivity contribution < 1.29 is 28.8 Å². The molecule has 0 heterocycles. The minimum Gasteiger partial charge on any atom is -0.427 e. The number of methoxy groups -OCH3 is 1. The molecule has 0 aromatic heterocycles. The smallest absolute Gasteiger partial charge is 0.311 e. The van der Waals surface area contributed by atoms with E-state index >= 15 is 0 Å². The van der Waals surface area contributed by atoms with E-state index in [0.717, 1.165) is 50.0 Å². The number of carbonyl (C=O) groups excluding carboxylic acids is 1. The first-order valence-electron chi connectivity index (χ1n) is 15.5. The zero-order chi connectivity index (χ0) is 30.4. The van der Waals surface area contributed by atoms with Crippen LogP contribution in [-0.4, -0.2) is 32.4 Å². The predicted octanol–water partition coefficient (Wildman–Crippen LogP) is 9.04. The fourth-order valence-electron chi connectivity index (χ4n) is 5.47. The molecule has 0 unspecified atom stereocenters. The maximum atomic E-state index is 12.4. The van der Waals surface area contributed by atoms with Gasteiger partial charge in [-0.25, -0.2) is 0 Å². The molecule has 0 N–H and O–H groups in total. The Bertz CT molecular complexity index is 1290. The number of benzene rings is 3. The molecule has 6 nitrogen and oxygen atoms in total. The van der Waals surface area contributed by atoms with Crippen LogP contribution in [0, 0.1) is 13.8 Å². The zero-order valence-electron chi connectivity index (χ0n) is 25.9.